The number of methoxy groups -OCH3 is 1. The lowest BCUT2D eigenvalue weighted by molar-refractivity contribution is 0.0920. The minimum absolute atomic E-state index is 0.0543. The van der Waals surface area contributed by atoms with Crippen LogP contribution in [0.25, 0.3) is 10.6 Å². The molecule has 1 aromatic carbocycles. The number of carbonyl (C=O) groups excluding carboxylic acids is 1. The monoisotopic (exact) mass is 332 g/mol. The van der Waals surface area contributed by atoms with Gasteiger partial charge in [-0.25, -0.2) is 4.98 Å². The third-order valence-corrected chi connectivity index (χ3v) is 4.91. The van der Waals surface area contributed by atoms with Crippen LogP contribution in [0.5, 0.6) is 5.75 Å². The summed E-state index contributed by atoms with van der Waals surface area (Å²) in [6.07, 6.45) is 2.85. The molecule has 122 valence electrons. The molecular formula is C17H20N2O3S. The highest BCUT2D eigenvalue weighted by Crippen LogP contribution is 2.34. The summed E-state index contributed by atoms with van der Waals surface area (Å²) in [5.74, 6) is 1.14. The number of ether oxygens (including phenoxy) is 1. The van der Waals surface area contributed by atoms with Crippen LogP contribution >= 0.6 is 11.3 Å². The van der Waals surface area contributed by atoms with Gasteiger partial charge in [0.15, 0.2) is 0 Å². The van der Waals surface area contributed by atoms with E-state index in [1.54, 1.807) is 12.5 Å². The molecule has 0 spiro atoms. The highest BCUT2D eigenvalue weighted by molar-refractivity contribution is 7.13. The predicted octanol–water partition coefficient (Wildman–Crippen LogP) is 2.71. The second kappa shape index (κ2) is 7.10. The Morgan fingerprint density at radius 3 is 2.78 bits per heavy atom. The summed E-state index contributed by atoms with van der Waals surface area (Å²) in [6.45, 7) is 0.0929. The number of amides is 1. The van der Waals surface area contributed by atoms with Crippen molar-refractivity contribution in [3.05, 3.63) is 35.3 Å². The largest absolute Gasteiger partial charge is 0.497 e. The van der Waals surface area contributed by atoms with Gasteiger partial charge in [-0.3, -0.25) is 4.79 Å². The van der Waals surface area contributed by atoms with Crippen LogP contribution in [0.1, 0.15) is 29.8 Å². The van der Waals surface area contributed by atoms with Crippen molar-refractivity contribution in [2.24, 2.45) is 5.92 Å². The van der Waals surface area contributed by atoms with Gasteiger partial charge in [-0.15, -0.1) is 11.3 Å². The first-order chi connectivity index (χ1) is 11.2. The lowest BCUT2D eigenvalue weighted by Crippen LogP contribution is -2.37. The van der Waals surface area contributed by atoms with E-state index in [0.29, 0.717) is 18.0 Å². The van der Waals surface area contributed by atoms with Crippen molar-refractivity contribution >= 4 is 17.2 Å². The number of hydrogen-bond donors (Lipinski definition) is 2. The highest BCUT2D eigenvalue weighted by atomic mass is 32.1. The minimum atomic E-state index is -0.161. The number of thiazole rings is 1. The molecule has 1 heterocycles. The molecule has 0 bridgehead atoms. The topological polar surface area (TPSA) is 71.5 Å². The standard InChI is InChI=1S/C17H20N2O3S/c1-22-13-6-4-12(5-7-13)17-19-15(10-23-17)16(21)18-14(8-9-20)11-2-3-11/h4-7,10-11,14,20H,2-3,8-9H2,1H3,(H,18,21). The van der Waals surface area contributed by atoms with Crippen LogP contribution in [0.4, 0.5) is 0 Å². The Kier molecular flexibility index (Phi) is 4.93. The second-order valence-electron chi connectivity index (χ2n) is 5.70. The maximum Gasteiger partial charge on any atom is 0.271 e. The molecule has 1 amide bonds. The molecule has 1 atom stereocenters. The molecule has 5 nitrogen and oxygen atoms in total. The molecule has 1 saturated carbocycles. The van der Waals surface area contributed by atoms with E-state index in [0.717, 1.165) is 29.2 Å². The van der Waals surface area contributed by atoms with Crippen LogP contribution in [-0.4, -0.2) is 35.8 Å². The predicted molar refractivity (Wildman–Crippen MR) is 89.8 cm³/mol. The number of rotatable bonds is 7. The first kappa shape index (κ1) is 16.0. The molecule has 23 heavy (non-hydrogen) atoms. The molecule has 6 heteroatoms. The number of hydrogen-bond acceptors (Lipinski definition) is 5. The average molecular weight is 332 g/mol. The molecule has 3 rings (SSSR count). The Morgan fingerprint density at radius 1 is 1.43 bits per heavy atom. The maximum absolute atomic E-state index is 12.3. The van der Waals surface area contributed by atoms with Gasteiger partial charge in [-0.05, 0) is 49.4 Å². The van der Waals surface area contributed by atoms with E-state index >= 15 is 0 Å². The van der Waals surface area contributed by atoms with Gasteiger partial charge in [0.2, 0.25) is 0 Å². The fourth-order valence-corrected chi connectivity index (χ4v) is 3.36. The third-order valence-electron chi connectivity index (χ3n) is 4.02. The van der Waals surface area contributed by atoms with Crippen molar-refractivity contribution in [1.82, 2.24) is 10.3 Å². The Bertz CT molecular complexity index is 665. The lowest BCUT2D eigenvalue weighted by Gasteiger charge is -2.16. The summed E-state index contributed by atoms with van der Waals surface area (Å²) in [5.41, 5.74) is 1.40. The molecule has 2 aromatic rings. The van der Waals surface area contributed by atoms with Gasteiger partial charge in [-0.2, -0.15) is 0 Å². The van der Waals surface area contributed by atoms with Crippen molar-refractivity contribution in [2.75, 3.05) is 13.7 Å². The molecule has 2 N–H and O–H groups in total. The number of benzene rings is 1. The number of aliphatic hydroxyl groups excluding tert-OH is 1. The molecular weight excluding hydrogens is 312 g/mol. The van der Waals surface area contributed by atoms with E-state index in [1.807, 2.05) is 24.3 Å². The molecule has 1 unspecified atom stereocenters. The van der Waals surface area contributed by atoms with Gasteiger partial charge in [0.25, 0.3) is 5.91 Å². The van der Waals surface area contributed by atoms with Crippen molar-refractivity contribution < 1.29 is 14.6 Å². The molecule has 1 aliphatic rings. The molecule has 1 aliphatic carbocycles. The fourth-order valence-electron chi connectivity index (χ4n) is 2.55. The molecule has 0 radical (unpaired) electrons. The normalized spacial score (nSPS) is 15.2. The summed E-state index contributed by atoms with van der Waals surface area (Å²) < 4.78 is 5.14. The van der Waals surface area contributed by atoms with E-state index in [2.05, 4.69) is 10.3 Å². The smallest absolute Gasteiger partial charge is 0.271 e. The quantitative estimate of drug-likeness (QED) is 0.818. The van der Waals surface area contributed by atoms with E-state index in [1.165, 1.54) is 11.3 Å². The summed E-state index contributed by atoms with van der Waals surface area (Å²) in [4.78, 5) is 16.8. The van der Waals surface area contributed by atoms with Gasteiger partial charge in [0, 0.05) is 23.6 Å². The highest BCUT2D eigenvalue weighted by Gasteiger charge is 2.32. The number of aliphatic hydroxyl groups is 1. The zero-order valence-electron chi connectivity index (χ0n) is 13.0. The first-order valence-corrected chi connectivity index (χ1v) is 8.61. The van der Waals surface area contributed by atoms with Gasteiger partial charge in [-0.1, -0.05) is 0 Å². The van der Waals surface area contributed by atoms with Gasteiger partial charge in [0.1, 0.15) is 16.5 Å². The molecule has 1 fully saturated rings. The summed E-state index contributed by atoms with van der Waals surface area (Å²) in [5, 5.41) is 14.7. The number of nitrogens with one attached hydrogen (secondary N) is 1. The fraction of sp³-hybridized carbons (Fsp3) is 0.412. The Morgan fingerprint density at radius 2 is 2.17 bits per heavy atom. The van der Waals surface area contributed by atoms with Gasteiger partial charge < -0.3 is 15.2 Å². The zero-order chi connectivity index (χ0) is 16.2. The summed E-state index contributed by atoms with van der Waals surface area (Å²) in [6, 6.07) is 7.66. The van der Waals surface area contributed by atoms with Crippen molar-refractivity contribution in [3.8, 4) is 16.3 Å². The Labute approximate surface area is 139 Å². The number of nitrogens with zero attached hydrogens (tertiary/aromatic N) is 1. The maximum atomic E-state index is 12.3. The summed E-state index contributed by atoms with van der Waals surface area (Å²) >= 11 is 1.45. The van der Waals surface area contributed by atoms with Crippen LogP contribution in [0.15, 0.2) is 29.6 Å². The van der Waals surface area contributed by atoms with Crippen LogP contribution < -0.4 is 10.1 Å². The minimum Gasteiger partial charge on any atom is -0.497 e. The van der Waals surface area contributed by atoms with Crippen LogP contribution in [0, 0.1) is 5.92 Å². The van der Waals surface area contributed by atoms with Crippen LogP contribution in [0.3, 0.4) is 0 Å². The number of carbonyl (C=O) groups is 1. The van der Waals surface area contributed by atoms with Crippen molar-refractivity contribution in [2.45, 2.75) is 25.3 Å². The summed E-state index contributed by atoms with van der Waals surface area (Å²) in [7, 11) is 1.63. The van der Waals surface area contributed by atoms with E-state index in [9.17, 15) is 4.79 Å². The Balaban J connectivity index is 1.68. The molecule has 1 aromatic heterocycles. The SMILES string of the molecule is COc1ccc(-c2nc(C(=O)NC(CCO)C3CC3)cs2)cc1. The second-order valence-corrected chi connectivity index (χ2v) is 6.55. The van der Waals surface area contributed by atoms with Crippen molar-refractivity contribution in [1.29, 1.82) is 0 Å². The molecule has 0 aliphatic heterocycles. The van der Waals surface area contributed by atoms with Crippen molar-refractivity contribution in [3.63, 3.8) is 0 Å². The zero-order valence-corrected chi connectivity index (χ0v) is 13.8. The van der Waals surface area contributed by atoms with Gasteiger partial charge >= 0.3 is 0 Å². The van der Waals surface area contributed by atoms with E-state index < -0.39 is 0 Å². The van der Waals surface area contributed by atoms with E-state index in [4.69, 9.17) is 9.84 Å². The van der Waals surface area contributed by atoms with Gasteiger partial charge in [0.05, 0.1) is 7.11 Å². The third kappa shape index (κ3) is 3.89. The Hall–Kier alpha value is -1.92. The van der Waals surface area contributed by atoms with Crippen LogP contribution in [0.2, 0.25) is 0 Å². The van der Waals surface area contributed by atoms with E-state index in [-0.39, 0.29) is 18.6 Å². The lowest BCUT2D eigenvalue weighted by atomic mass is 10.1. The first-order valence-electron chi connectivity index (χ1n) is 7.73. The number of aromatic nitrogens is 1. The molecule has 0 saturated heterocycles. The van der Waals surface area contributed by atoms with Crippen LogP contribution in [-0.2, 0) is 0 Å². The average Bonchev–Trinajstić information content (AvgIpc) is 3.31.